The van der Waals surface area contributed by atoms with Gasteiger partial charge >= 0.3 is 0 Å². The molecule has 0 amide bonds. The maximum absolute atomic E-state index is 5.10. The van der Waals surface area contributed by atoms with Gasteiger partial charge in [-0.1, -0.05) is 30.3 Å². The van der Waals surface area contributed by atoms with Crippen molar-refractivity contribution in [2.45, 2.75) is 31.1 Å². The highest BCUT2D eigenvalue weighted by molar-refractivity contribution is 5.33. The van der Waals surface area contributed by atoms with Crippen molar-refractivity contribution in [1.29, 1.82) is 0 Å². The Morgan fingerprint density at radius 2 is 1.89 bits per heavy atom. The van der Waals surface area contributed by atoms with E-state index in [1.54, 1.807) is 7.11 Å². The SMILES string of the molecule is COCCNCC1(c2ccccc2)CC2(CC2)C1. The summed E-state index contributed by atoms with van der Waals surface area (Å²) in [5, 5.41) is 3.57. The monoisotopic (exact) mass is 245 g/mol. The first-order chi connectivity index (χ1) is 8.79. The summed E-state index contributed by atoms with van der Waals surface area (Å²) in [5.74, 6) is 0. The lowest BCUT2D eigenvalue weighted by molar-refractivity contribution is 0.112. The lowest BCUT2D eigenvalue weighted by Crippen LogP contribution is -2.50. The Morgan fingerprint density at radius 3 is 2.50 bits per heavy atom. The fourth-order valence-corrected chi connectivity index (χ4v) is 3.64. The molecule has 0 heterocycles. The van der Waals surface area contributed by atoms with Gasteiger partial charge in [-0.25, -0.2) is 0 Å². The normalized spacial score (nSPS) is 22.7. The van der Waals surface area contributed by atoms with Crippen molar-refractivity contribution in [3.8, 4) is 0 Å². The molecule has 0 aromatic heterocycles. The quantitative estimate of drug-likeness (QED) is 0.778. The summed E-state index contributed by atoms with van der Waals surface area (Å²) >= 11 is 0. The molecule has 2 heteroatoms. The molecule has 0 atom stereocenters. The molecule has 3 rings (SSSR count). The molecule has 1 N–H and O–H groups in total. The van der Waals surface area contributed by atoms with Crippen LogP contribution in [-0.2, 0) is 10.2 Å². The summed E-state index contributed by atoms with van der Waals surface area (Å²) in [5.41, 5.74) is 2.65. The van der Waals surface area contributed by atoms with Crippen molar-refractivity contribution >= 4 is 0 Å². The third-order valence-electron chi connectivity index (χ3n) is 4.72. The Labute approximate surface area is 110 Å². The molecule has 2 aliphatic carbocycles. The average molecular weight is 245 g/mol. The molecular weight excluding hydrogens is 222 g/mol. The second-order valence-corrected chi connectivity index (χ2v) is 6.17. The standard InChI is InChI=1S/C16H23NO/c1-18-10-9-17-13-16(11-15(12-16)7-8-15)14-5-3-2-4-6-14/h2-6,17H,7-13H2,1H3. The summed E-state index contributed by atoms with van der Waals surface area (Å²) in [7, 11) is 1.76. The summed E-state index contributed by atoms with van der Waals surface area (Å²) in [6, 6.07) is 11.1. The van der Waals surface area contributed by atoms with E-state index in [-0.39, 0.29) is 0 Å². The Bertz CT molecular complexity index is 389. The first-order valence-electron chi connectivity index (χ1n) is 7.04. The van der Waals surface area contributed by atoms with Gasteiger partial charge in [0.05, 0.1) is 6.61 Å². The predicted octanol–water partition coefficient (Wildman–Crippen LogP) is 2.73. The molecule has 2 fully saturated rings. The van der Waals surface area contributed by atoms with Crippen molar-refractivity contribution in [2.75, 3.05) is 26.8 Å². The molecule has 0 unspecified atom stereocenters. The lowest BCUT2D eigenvalue weighted by atomic mass is 9.56. The van der Waals surface area contributed by atoms with Crippen LogP contribution in [0.2, 0.25) is 0 Å². The summed E-state index contributed by atoms with van der Waals surface area (Å²) in [4.78, 5) is 0. The van der Waals surface area contributed by atoms with Gasteiger partial charge in [-0.15, -0.1) is 0 Å². The van der Waals surface area contributed by atoms with E-state index in [1.165, 1.54) is 31.2 Å². The second-order valence-electron chi connectivity index (χ2n) is 6.17. The zero-order chi connectivity index (χ0) is 12.5. The number of methoxy groups -OCH3 is 1. The third kappa shape index (κ3) is 2.19. The molecule has 1 aromatic rings. The Kier molecular flexibility index (Phi) is 3.16. The maximum atomic E-state index is 5.10. The van der Waals surface area contributed by atoms with Crippen LogP contribution in [-0.4, -0.2) is 26.8 Å². The molecule has 98 valence electrons. The highest BCUT2D eigenvalue weighted by Gasteiger charge is 2.60. The van der Waals surface area contributed by atoms with Gasteiger partial charge in [0.25, 0.3) is 0 Å². The van der Waals surface area contributed by atoms with Gasteiger partial charge in [-0.3, -0.25) is 0 Å². The average Bonchev–Trinajstić information content (AvgIpc) is 3.15. The Hall–Kier alpha value is -0.860. The van der Waals surface area contributed by atoms with Crippen molar-refractivity contribution in [3.05, 3.63) is 35.9 Å². The van der Waals surface area contributed by atoms with E-state index >= 15 is 0 Å². The van der Waals surface area contributed by atoms with Crippen LogP contribution < -0.4 is 5.32 Å². The van der Waals surface area contributed by atoms with Crippen LogP contribution in [0.3, 0.4) is 0 Å². The first-order valence-corrected chi connectivity index (χ1v) is 7.04. The number of rotatable bonds is 6. The molecule has 2 saturated carbocycles. The highest BCUT2D eigenvalue weighted by atomic mass is 16.5. The first kappa shape index (κ1) is 12.2. The molecule has 0 saturated heterocycles. The molecule has 0 aliphatic heterocycles. The largest absolute Gasteiger partial charge is 0.383 e. The van der Waals surface area contributed by atoms with Crippen LogP contribution in [0.1, 0.15) is 31.2 Å². The van der Waals surface area contributed by atoms with Crippen LogP contribution in [0, 0.1) is 5.41 Å². The second kappa shape index (κ2) is 4.67. The van der Waals surface area contributed by atoms with E-state index in [2.05, 4.69) is 35.6 Å². The van der Waals surface area contributed by atoms with Crippen molar-refractivity contribution in [3.63, 3.8) is 0 Å². The van der Waals surface area contributed by atoms with Crippen LogP contribution in [0.25, 0.3) is 0 Å². The zero-order valence-corrected chi connectivity index (χ0v) is 11.2. The number of ether oxygens (including phenoxy) is 1. The Balaban J connectivity index is 1.66. The van der Waals surface area contributed by atoms with E-state index < -0.39 is 0 Å². The van der Waals surface area contributed by atoms with Gasteiger partial charge in [0.2, 0.25) is 0 Å². The predicted molar refractivity (Wildman–Crippen MR) is 73.8 cm³/mol. The molecular formula is C16H23NO. The minimum Gasteiger partial charge on any atom is -0.383 e. The number of hydrogen-bond acceptors (Lipinski definition) is 2. The molecule has 0 radical (unpaired) electrons. The lowest BCUT2D eigenvalue weighted by Gasteiger charge is -2.49. The topological polar surface area (TPSA) is 21.3 Å². The number of benzene rings is 1. The number of hydrogen-bond donors (Lipinski definition) is 1. The van der Waals surface area contributed by atoms with Gasteiger partial charge in [0, 0.05) is 25.6 Å². The molecule has 1 spiro atoms. The van der Waals surface area contributed by atoms with Gasteiger partial charge in [-0.05, 0) is 36.7 Å². The van der Waals surface area contributed by atoms with Gasteiger partial charge < -0.3 is 10.1 Å². The zero-order valence-electron chi connectivity index (χ0n) is 11.2. The summed E-state index contributed by atoms with van der Waals surface area (Å²) in [6.45, 7) is 2.86. The van der Waals surface area contributed by atoms with E-state index in [4.69, 9.17) is 4.74 Å². The van der Waals surface area contributed by atoms with Gasteiger partial charge in [0.15, 0.2) is 0 Å². The van der Waals surface area contributed by atoms with Crippen LogP contribution in [0.15, 0.2) is 30.3 Å². The fourth-order valence-electron chi connectivity index (χ4n) is 3.64. The minimum absolute atomic E-state index is 0.394. The van der Waals surface area contributed by atoms with E-state index in [0.29, 0.717) is 5.41 Å². The van der Waals surface area contributed by atoms with Crippen molar-refractivity contribution in [2.24, 2.45) is 5.41 Å². The minimum atomic E-state index is 0.394. The molecule has 18 heavy (non-hydrogen) atoms. The van der Waals surface area contributed by atoms with Crippen LogP contribution in [0.5, 0.6) is 0 Å². The summed E-state index contributed by atoms with van der Waals surface area (Å²) in [6.07, 6.45) is 5.67. The van der Waals surface area contributed by atoms with Gasteiger partial charge in [-0.2, -0.15) is 0 Å². The molecule has 2 aliphatic rings. The summed E-state index contributed by atoms with van der Waals surface area (Å²) < 4.78 is 5.10. The van der Waals surface area contributed by atoms with E-state index in [1.807, 2.05) is 0 Å². The van der Waals surface area contributed by atoms with Crippen molar-refractivity contribution in [1.82, 2.24) is 5.32 Å². The maximum Gasteiger partial charge on any atom is 0.0587 e. The molecule has 1 aromatic carbocycles. The van der Waals surface area contributed by atoms with E-state index in [9.17, 15) is 0 Å². The smallest absolute Gasteiger partial charge is 0.0587 e. The van der Waals surface area contributed by atoms with Crippen molar-refractivity contribution < 1.29 is 4.74 Å². The van der Waals surface area contributed by atoms with Gasteiger partial charge in [0.1, 0.15) is 0 Å². The molecule has 0 bridgehead atoms. The third-order valence-corrected chi connectivity index (χ3v) is 4.72. The highest BCUT2D eigenvalue weighted by Crippen LogP contribution is 2.68. The van der Waals surface area contributed by atoms with Crippen LogP contribution in [0.4, 0.5) is 0 Å². The Morgan fingerprint density at radius 1 is 1.17 bits per heavy atom. The van der Waals surface area contributed by atoms with E-state index in [0.717, 1.165) is 25.1 Å². The molecule has 2 nitrogen and oxygen atoms in total. The fraction of sp³-hybridized carbons (Fsp3) is 0.625. The number of nitrogens with one attached hydrogen (secondary N) is 1. The van der Waals surface area contributed by atoms with Crippen LogP contribution >= 0.6 is 0 Å².